The van der Waals surface area contributed by atoms with Gasteiger partial charge in [-0.3, -0.25) is 4.99 Å². The predicted octanol–water partition coefficient (Wildman–Crippen LogP) is 3.73. The van der Waals surface area contributed by atoms with E-state index in [4.69, 9.17) is 14.0 Å². The average molecular weight is 401 g/mol. The highest BCUT2D eigenvalue weighted by Gasteiger charge is 2.22. The first-order valence-corrected chi connectivity index (χ1v) is 10.3. The van der Waals surface area contributed by atoms with Crippen LogP contribution < -0.4 is 14.8 Å². The Morgan fingerprint density at radius 1 is 1.17 bits per heavy atom. The summed E-state index contributed by atoms with van der Waals surface area (Å²) in [5.74, 6) is 3.67. The average Bonchev–Trinajstić information content (AvgIpc) is 3.22. The van der Waals surface area contributed by atoms with E-state index in [1.165, 1.54) is 11.1 Å². The number of rotatable bonds is 7. The minimum atomic E-state index is 0.456. The summed E-state index contributed by atoms with van der Waals surface area (Å²) >= 11 is 0. The molecule has 0 radical (unpaired) electrons. The lowest BCUT2D eigenvalue weighted by atomic mass is 9.99. The second-order valence-electron chi connectivity index (χ2n) is 7.28. The van der Waals surface area contributed by atoms with Crippen LogP contribution in [0.15, 0.2) is 27.7 Å². The Bertz CT molecular complexity index is 843. The van der Waals surface area contributed by atoms with Crippen LogP contribution in [0.2, 0.25) is 0 Å². The Balaban J connectivity index is 1.66. The molecule has 1 aliphatic heterocycles. The number of nitrogens with zero attached hydrogens (tertiary/aromatic N) is 3. The van der Waals surface area contributed by atoms with E-state index in [2.05, 4.69) is 52.4 Å². The highest BCUT2D eigenvalue weighted by atomic mass is 16.5. The first-order chi connectivity index (χ1) is 14.1. The maximum atomic E-state index is 5.53. The van der Waals surface area contributed by atoms with Crippen molar-refractivity contribution in [2.24, 2.45) is 4.99 Å². The molecule has 0 fully saturated rings. The Kier molecular flexibility index (Phi) is 7.01. The van der Waals surface area contributed by atoms with E-state index in [-0.39, 0.29) is 0 Å². The number of aliphatic imine (C=N–C) groups is 1. The molecule has 3 rings (SSSR count). The first-order valence-electron chi connectivity index (χ1n) is 10.3. The zero-order chi connectivity index (χ0) is 20.8. The number of fused-ring (bicyclic) bond motifs is 1. The molecule has 1 N–H and O–H groups in total. The van der Waals surface area contributed by atoms with Gasteiger partial charge in [-0.1, -0.05) is 19.0 Å². The monoisotopic (exact) mass is 400 g/mol. The van der Waals surface area contributed by atoms with E-state index in [1.54, 1.807) is 14.2 Å². The largest absolute Gasteiger partial charge is 0.493 e. The molecule has 0 atom stereocenters. The maximum Gasteiger partial charge on any atom is 0.194 e. The molecule has 0 unspecified atom stereocenters. The third-order valence-electron chi connectivity index (χ3n) is 5.63. The van der Waals surface area contributed by atoms with Crippen LogP contribution in [0, 0.1) is 0 Å². The number of ether oxygens (including phenoxy) is 2. The van der Waals surface area contributed by atoms with Crippen LogP contribution in [0.1, 0.15) is 55.2 Å². The van der Waals surface area contributed by atoms with Gasteiger partial charge in [-0.05, 0) is 42.5 Å². The fourth-order valence-corrected chi connectivity index (χ4v) is 3.87. The van der Waals surface area contributed by atoms with Gasteiger partial charge < -0.3 is 24.2 Å². The van der Waals surface area contributed by atoms with Crippen LogP contribution in [0.4, 0.5) is 0 Å². The summed E-state index contributed by atoms with van der Waals surface area (Å²) in [6.07, 6.45) is 3.07. The van der Waals surface area contributed by atoms with Crippen molar-refractivity contribution in [1.29, 1.82) is 0 Å². The quantitative estimate of drug-likeness (QED) is 0.564. The van der Waals surface area contributed by atoms with Crippen molar-refractivity contribution < 1.29 is 14.0 Å². The van der Waals surface area contributed by atoms with Crippen LogP contribution in [-0.4, -0.2) is 43.8 Å². The summed E-state index contributed by atoms with van der Waals surface area (Å²) in [5, 5.41) is 7.66. The molecule has 0 saturated carbocycles. The summed E-state index contributed by atoms with van der Waals surface area (Å²) in [7, 11) is 5.14. The number of methoxy groups -OCH3 is 2. The van der Waals surface area contributed by atoms with Crippen molar-refractivity contribution in [2.75, 3.05) is 27.8 Å². The minimum absolute atomic E-state index is 0.456. The van der Waals surface area contributed by atoms with Gasteiger partial charge in [-0.25, -0.2) is 0 Å². The van der Waals surface area contributed by atoms with Gasteiger partial charge >= 0.3 is 0 Å². The molecule has 1 aromatic heterocycles. The molecular formula is C22H32N4O3. The van der Waals surface area contributed by atoms with Crippen LogP contribution in [-0.2, 0) is 19.5 Å². The van der Waals surface area contributed by atoms with E-state index in [0.29, 0.717) is 12.5 Å². The molecule has 158 valence electrons. The zero-order valence-electron chi connectivity index (χ0n) is 18.1. The van der Waals surface area contributed by atoms with Gasteiger partial charge in [0.1, 0.15) is 0 Å². The summed E-state index contributed by atoms with van der Waals surface area (Å²) in [6.45, 7) is 6.58. The highest BCUT2D eigenvalue weighted by molar-refractivity contribution is 5.80. The van der Waals surface area contributed by atoms with Gasteiger partial charge in [0.2, 0.25) is 0 Å². The van der Waals surface area contributed by atoms with Crippen molar-refractivity contribution in [1.82, 2.24) is 15.4 Å². The summed E-state index contributed by atoms with van der Waals surface area (Å²) in [5.41, 5.74) is 3.56. The molecule has 0 spiro atoms. The smallest absolute Gasteiger partial charge is 0.194 e. The second kappa shape index (κ2) is 9.67. The van der Waals surface area contributed by atoms with E-state index in [0.717, 1.165) is 61.3 Å². The molecule has 0 aliphatic carbocycles. The van der Waals surface area contributed by atoms with Crippen molar-refractivity contribution in [2.45, 2.75) is 52.1 Å². The van der Waals surface area contributed by atoms with Crippen LogP contribution in [0.5, 0.6) is 11.5 Å². The fraction of sp³-hybridized carbons (Fsp3) is 0.545. The lowest BCUT2D eigenvalue weighted by molar-refractivity contribution is 0.343. The molecule has 7 nitrogen and oxygen atoms in total. The maximum absolute atomic E-state index is 5.53. The standard InChI is InChI=1S/C22H32N4O3/c1-6-15(7-2)19-12-18(29-25-19)13-24-22(23-3)26-9-8-16-10-20(27-4)21(28-5)11-17(16)14-26/h10-12,15H,6-9,13-14H2,1-5H3,(H,23,24). The van der Waals surface area contributed by atoms with E-state index < -0.39 is 0 Å². The Hall–Kier alpha value is -2.70. The molecule has 2 aromatic rings. The number of benzene rings is 1. The van der Waals surface area contributed by atoms with Crippen LogP contribution in [0.3, 0.4) is 0 Å². The van der Waals surface area contributed by atoms with E-state index in [1.807, 2.05) is 7.05 Å². The van der Waals surface area contributed by atoms with Crippen molar-refractivity contribution >= 4 is 5.96 Å². The number of guanidine groups is 1. The third kappa shape index (κ3) is 4.66. The summed E-state index contributed by atoms with van der Waals surface area (Å²) in [4.78, 5) is 6.71. The highest BCUT2D eigenvalue weighted by Crippen LogP contribution is 2.33. The van der Waals surface area contributed by atoms with Gasteiger partial charge in [0.25, 0.3) is 0 Å². The molecule has 0 saturated heterocycles. The molecule has 0 bridgehead atoms. The third-order valence-corrected chi connectivity index (χ3v) is 5.63. The number of hydrogen-bond donors (Lipinski definition) is 1. The molecule has 7 heteroatoms. The van der Waals surface area contributed by atoms with Crippen molar-refractivity contribution in [3.05, 3.63) is 40.8 Å². The Labute approximate surface area is 173 Å². The molecule has 1 aromatic carbocycles. The summed E-state index contributed by atoms with van der Waals surface area (Å²) in [6, 6.07) is 6.20. The van der Waals surface area contributed by atoms with Crippen molar-refractivity contribution in [3.63, 3.8) is 0 Å². The normalized spacial score (nSPS) is 14.1. The molecule has 2 heterocycles. The predicted molar refractivity (Wildman–Crippen MR) is 114 cm³/mol. The SMILES string of the molecule is CCC(CC)c1cc(CNC(=NC)N2CCc3cc(OC)c(OC)cc3C2)on1. The lowest BCUT2D eigenvalue weighted by Crippen LogP contribution is -2.43. The van der Waals surface area contributed by atoms with Gasteiger partial charge in [-0.2, -0.15) is 0 Å². The Morgan fingerprint density at radius 2 is 1.86 bits per heavy atom. The van der Waals surface area contributed by atoms with Gasteiger partial charge in [-0.15, -0.1) is 0 Å². The van der Waals surface area contributed by atoms with Crippen LogP contribution in [0.25, 0.3) is 0 Å². The van der Waals surface area contributed by atoms with Crippen molar-refractivity contribution in [3.8, 4) is 11.5 Å². The van der Waals surface area contributed by atoms with Gasteiger partial charge in [0.15, 0.2) is 23.2 Å². The topological polar surface area (TPSA) is 72.1 Å². The number of nitrogens with one attached hydrogen (secondary N) is 1. The molecule has 29 heavy (non-hydrogen) atoms. The zero-order valence-corrected chi connectivity index (χ0v) is 18.1. The fourth-order valence-electron chi connectivity index (χ4n) is 3.87. The Morgan fingerprint density at radius 3 is 2.48 bits per heavy atom. The summed E-state index contributed by atoms with van der Waals surface area (Å²) < 4.78 is 16.4. The van der Waals surface area contributed by atoms with E-state index >= 15 is 0 Å². The lowest BCUT2D eigenvalue weighted by Gasteiger charge is -2.32. The molecular weight excluding hydrogens is 368 g/mol. The number of hydrogen-bond acceptors (Lipinski definition) is 5. The molecule has 1 aliphatic rings. The molecule has 0 amide bonds. The number of aromatic nitrogens is 1. The van der Waals surface area contributed by atoms with E-state index in [9.17, 15) is 0 Å². The first kappa shape index (κ1) is 21.0. The van der Waals surface area contributed by atoms with Gasteiger partial charge in [0.05, 0.1) is 26.5 Å². The minimum Gasteiger partial charge on any atom is -0.493 e. The van der Waals surface area contributed by atoms with Crippen LogP contribution >= 0.6 is 0 Å². The van der Waals surface area contributed by atoms with Gasteiger partial charge in [0, 0.05) is 32.1 Å². The second-order valence-corrected chi connectivity index (χ2v) is 7.28.